The van der Waals surface area contributed by atoms with Gasteiger partial charge in [-0.2, -0.15) is 0 Å². The van der Waals surface area contributed by atoms with Crippen LogP contribution in [0.15, 0.2) is 67.0 Å². The van der Waals surface area contributed by atoms with Gasteiger partial charge in [-0.3, -0.25) is 0 Å². The minimum absolute atomic E-state index is 0.00434. The number of nitrogens with zero attached hydrogens (tertiary/aromatic N) is 3. The zero-order chi connectivity index (χ0) is 28.2. The molecule has 1 aliphatic carbocycles. The lowest BCUT2D eigenvalue weighted by atomic mass is 9.85. The van der Waals surface area contributed by atoms with Crippen LogP contribution in [-0.2, 0) is 6.42 Å². The van der Waals surface area contributed by atoms with Gasteiger partial charge in [0.15, 0.2) is 0 Å². The zero-order valence-corrected chi connectivity index (χ0v) is 23.9. The van der Waals surface area contributed by atoms with E-state index in [-0.39, 0.29) is 6.04 Å². The van der Waals surface area contributed by atoms with E-state index in [1.54, 1.807) is 11.1 Å². The fourth-order valence-corrected chi connectivity index (χ4v) is 6.78. The van der Waals surface area contributed by atoms with E-state index in [0.717, 1.165) is 67.2 Å². The number of aromatic nitrogens is 3. The number of aromatic amines is 1. The van der Waals surface area contributed by atoms with E-state index in [9.17, 15) is 9.90 Å². The van der Waals surface area contributed by atoms with Crippen molar-refractivity contribution in [2.75, 3.05) is 18.4 Å². The third kappa shape index (κ3) is 6.49. The third-order valence-corrected chi connectivity index (χ3v) is 8.95. The van der Waals surface area contributed by atoms with Gasteiger partial charge < -0.3 is 25.6 Å². The fourth-order valence-electron chi connectivity index (χ4n) is 6.58. The highest BCUT2D eigenvalue weighted by atomic mass is 35.5. The van der Waals surface area contributed by atoms with Crippen LogP contribution in [0.5, 0.6) is 0 Å². The Balaban J connectivity index is 1.05. The number of carboxylic acid groups (broad SMARTS) is 1. The molecule has 6 rings (SSSR count). The number of likely N-dealkylation sites (tertiary alicyclic amines) is 1. The number of carbonyl (C=O) groups is 1. The van der Waals surface area contributed by atoms with Crippen molar-refractivity contribution in [1.29, 1.82) is 0 Å². The molecule has 4 atom stereocenters. The largest absolute Gasteiger partial charge is 0.465 e. The first-order valence-electron chi connectivity index (χ1n) is 14.7. The Morgan fingerprint density at radius 2 is 1.88 bits per heavy atom. The van der Waals surface area contributed by atoms with Crippen molar-refractivity contribution in [1.82, 2.24) is 25.2 Å². The maximum atomic E-state index is 11.9. The molecule has 1 amide bonds. The molecule has 4 aromatic rings. The van der Waals surface area contributed by atoms with Gasteiger partial charge >= 0.3 is 6.09 Å². The maximum absolute atomic E-state index is 11.9. The number of nitrogens with one attached hydrogen (secondary N) is 3. The zero-order valence-electron chi connectivity index (χ0n) is 23.1. The first-order valence-corrected chi connectivity index (χ1v) is 15.0. The van der Waals surface area contributed by atoms with Gasteiger partial charge in [0.1, 0.15) is 0 Å². The summed E-state index contributed by atoms with van der Waals surface area (Å²) in [6.07, 6.45) is 9.73. The number of halogens is 1. The van der Waals surface area contributed by atoms with Crippen molar-refractivity contribution in [2.45, 2.75) is 63.1 Å². The lowest BCUT2D eigenvalue weighted by Gasteiger charge is -2.39. The predicted molar refractivity (Wildman–Crippen MR) is 163 cm³/mol. The minimum atomic E-state index is -0.817. The molecule has 0 radical (unpaired) electrons. The van der Waals surface area contributed by atoms with Crippen LogP contribution >= 0.6 is 11.6 Å². The van der Waals surface area contributed by atoms with Gasteiger partial charge in [-0.05, 0) is 62.6 Å². The molecule has 2 aromatic heterocycles. The minimum Gasteiger partial charge on any atom is -0.465 e. The highest BCUT2D eigenvalue weighted by Crippen LogP contribution is 2.33. The summed E-state index contributed by atoms with van der Waals surface area (Å²) in [4.78, 5) is 26.2. The Kier molecular flexibility index (Phi) is 8.39. The second kappa shape index (κ2) is 12.5. The predicted octanol–water partition coefficient (Wildman–Crippen LogP) is 6.59. The van der Waals surface area contributed by atoms with E-state index < -0.39 is 6.09 Å². The third-order valence-electron chi connectivity index (χ3n) is 8.68. The number of rotatable bonds is 8. The average Bonchev–Trinajstić information content (AvgIpc) is 3.42. The number of piperidine rings is 1. The van der Waals surface area contributed by atoms with Crippen LogP contribution in [-0.4, -0.2) is 62.3 Å². The standard InChI is InChI=1S/C32H37ClN6O2/c33-28-20-36-31(38-30(28)27-19-35-29-12-5-4-11-26(27)29)37-24-10-6-9-22(15-24)18-34-23-13-14-39(32(40)41)25(17-23)16-21-7-2-1-3-8-21/h1-5,7-8,11-12,19-20,22-25,34-35H,6,9-10,13-18H2,(H,40,41)(H,36,37,38)/t22-,23?,24+,25?/m0/s1. The molecule has 2 aromatic carbocycles. The van der Waals surface area contributed by atoms with Crippen LogP contribution in [0.3, 0.4) is 0 Å². The molecule has 2 fully saturated rings. The first-order chi connectivity index (χ1) is 20.0. The van der Waals surface area contributed by atoms with E-state index in [2.05, 4.69) is 38.8 Å². The van der Waals surface area contributed by atoms with E-state index in [1.165, 1.54) is 12.0 Å². The van der Waals surface area contributed by atoms with Gasteiger partial charge in [0, 0.05) is 47.3 Å². The second-order valence-electron chi connectivity index (χ2n) is 11.5. The molecule has 0 bridgehead atoms. The highest BCUT2D eigenvalue weighted by molar-refractivity contribution is 6.33. The summed E-state index contributed by atoms with van der Waals surface area (Å²) in [5.41, 5.74) is 3.94. The molecule has 3 heterocycles. The van der Waals surface area contributed by atoms with Crippen molar-refractivity contribution >= 4 is 34.5 Å². The summed E-state index contributed by atoms with van der Waals surface area (Å²) in [6.45, 7) is 1.52. The Hall–Kier alpha value is -3.62. The average molecular weight is 573 g/mol. The van der Waals surface area contributed by atoms with E-state index in [1.807, 2.05) is 42.6 Å². The molecule has 1 saturated heterocycles. The van der Waals surface area contributed by atoms with E-state index in [4.69, 9.17) is 16.6 Å². The van der Waals surface area contributed by atoms with Crippen LogP contribution in [0.25, 0.3) is 22.2 Å². The van der Waals surface area contributed by atoms with Gasteiger partial charge in [0.05, 0.1) is 16.9 Å². The number of fused-ring (bicyclic) bond motifs is 1. The van der Waals surface area contributed by atoms with Crippen molar-refractivity contribution in [2.24, 2.45) is 5.92 Å². The van der Waals surface area contributed by atoms with Crippen LogP contribution in [0.2, 0.25) is 5.02 Å². The molecular weight excluding hydrogens is 536 g/mol. The van der Waals surface area contributed by atoms with Gasteiger partial charge in [0.2, 0.25) is 5.95 Å². The lowest BCUT2D eigenvalue weighted by molar-refractivity contribution is 0.0952. The summed E-state index contributed by atoms with van der Waals surface area (Å²) < 4.78 is 0. The molecule has 2 unspecified atom stereocenters. The Bertz CT molecular complexity index is 1480. The number of hydrogen-bond acceptors (Lipinski definition) is 5. The monoisotopic (exact) mass is 572 g/mol. The van der Waals surface area contributed by atoms with Crippen LogP contribution in [0, 0.1) is 5.92 Å². The molecular formula is C32H37ClN6O2. The summed E-state index contributed by atoms with van der Waals surface area (Å²) in [6, 6.07) is 19.0. The SMILES string of the molecule is O=C(O)N1CCC(NC[C@H]2CCC[C@@H](Nc3ncc(Cl)c(-c4c[nH]c5ccccc45)n3)C2)CC1Cc1ccccc1. The smallest absolute Gasteiger partial charge is 0.407 e. The molecule has 0 spiro atoms. The van der Waals surface area contributed by atoms with Crippen LogP contribution in [0.1, 0.15) is 44.1 Å². The van der Waals surface area contributed by atoms with Crippen LogP contribution in [0.4, 0.5) is 10.7 Å². The summed E-state index contributed by atoms with van der Waals surface area (Å²) in [7, 11) is 0. The number of benzene rings is 2. The summed E-state index contributed by atoms with van der Waals surface area (Å²) in [5.74, 6) is 1.16. The van der Waals surface area contributed by atoms with Gasteiger partial charge in [-0.1, -0.05) is 66.6 Å². The molecule has 2 aliphatic rings. The Labute approximate surface area is 245 Å². The molecule has 1 aliphatic heterocycles. The van der Waals surface area contributed by atoms with Crippen molar-refractivity contribution in [3.8, 4) is 11.3 Å². The second-order valence-corrected chi connectivity index (χ2v) is 11.9. The Morgan fingerprint density at radius 3 is 2.73 bits per heavy atom. The lowest BCUT2D eigenvalue weighted by Crippen LogP contribution is -2.52. The van der Waals surface area contributed by atoms with E-state index in [0.29, 0.717) is 35.5 Å². The van der Waals surface area contributed by atoms with Gasteiger partial charge in [-0.15, -0.1) is 0 Å². The molecule has 9 heteroatoms. The normalized spacial score (nSPS) is 23.0. The van der Waals surface area contributed by atoms with Crippen molar-refractivity contribution in [3.63, 3.8) is 0 Å². The Morgan fingerprint density at radius 1 is 1.05 bits per heavy atom. The maximum Gasteiger partial charge on any atom is 0.407 e. The quantitative estimate of drug-likeness (QED) is 0.190. The van der Waals surface area contributed by atoms with Crippen LogP contribution < -0.4 is 10.6 Å². The summed E-state index contributed by atoms with van der Waals surface area (Å²) >= 11 is 6.54. The number of hydrogen-bond donors (Lipinski definition) is 4. The number of amides is 1. The summed E-state index contributed by atoms with van der Waals surface area (Å²) in [5, 5.41) is 18.8. The van der Waals surface area contributed by atoms with Crippen molar-refractivity contribution in [3.05, 3.63) is 77.6 Å². The molecule has 8 nitrogen and oxygen atoms in total. The fraction of sp³-hybridized carbons (Fsp3) is 0.406. The molecule has 4 N–H and O–H groups in total. The van der Waals surface area contributed by atoms with Gasteiger partial charge in [-0.25, -0.2) is 14.8 Å². The number of anilines is 1. The number of para-hydroxylation sites is 1. The van der Waals surface area contributed by atoms with E-state index >= 15 is 0 Å². The topological polar surface area (TPSA) is 106 Å². The molecule has 41 heavy (non-hydrogen) atoms. The molecule has 214 valence electrons. The van der Waals surface area contributed by atoms with Crippen molar-refractivity contribution < 1.29 is 9.90 Å². The first kappa shape index (κ1) is 27.5. The number of H-pyrrole nitrogens is 1. The highest BCUT2D eigenvalue weighted by Gasteiger charge is 2.32. The van der Waals surface area contributed by atoms with Gasteiger partial charge in [0.25, 0.3) is 0 Å². The molecule has 1 saturated carbocycles.